The monoisotopic (exact) mass is 347 g/mol. The Morgan fingerprint density at radius 2 is 2.04 bits per heavy atom. The molecule has 2 aliphatic heterocycles. The number of methoxy groups -OCH3 is 1. The Labute approximate surface area is 145 Å². The van der Waals surface area contributed by atoms with Gasteiger partial charge in [0.15, 0.2) is 0 Å². The fourth-order valence-corrected chi connectivity index (χ4v) is 3.40. The molecule has 2 amide bonds. The number of halogens is 1. The van der Waals surface area contributed by atoms with E-state index in [2.05, 4.69) is 5.32 Å². The summed E-state index contributed by atoms with van der Waals surface area (Å²) in [5, 5.41) is 3.19. The lowest BCUT2D eigenvalue weighted by Gasteiger charge is -2.33. The van der Waals surface area contributed by atoms with E-state index in [1.807, 2.05) is 11.9 Å². The predicted octanol–water partition coefficient (Wildman–Crippen LogP) is 0.751. The zero-order valence-electron chi connectivity index (χ0n) is 14.3. The first kappa shape index (κ1) is 20.2. The molecule has 0 saturated carbocycles. The molecule has 1 unspecified atom stereocenters. The molecule has 0 bridgehead atoms. The van der Waals surface area contributed by atoms with Gasteiger partial charge in [0.25, 0.3) is 0 Å². The van der Waals surface area contributed by atoms with E-state index in [9.17, 15) is 9.59 Å². The maximum Gasteiger partial charge on any atom is 0.227 e. The average Bonchev–Trinajstić information content (AvgIpc) is 2.91. The third kappa shape index (κ3) is 5.62. The maximum atomic E-state index is 12.6. The zero-order chi connectivity index (χ0) is 15.9. The maximum absolute atomic E-state index is 12.6. The van der Waals surface area contributed by atoms with Crippen molar-refractivity contribution >= 4 is 24.2 Å². The van der Waals surface area contributed by atoms with Gasteiger partial charge in [0.1, 0.15) is 0 Å². The van der Waals surface area contributed by atoms with Gasteiger partial charge in [-0.1, -0.05) is 0 Å². The molecule has 2 saturated heterocycles. The summed E-state index contributed by atoms with van der Waals surface area (Å²) >= 11 is 0. The van der Waals surface area contributed by atoms with Gasteiger partial charge in [-0.05, 0) is 38.8 Å². The van der Waals surface area contributed by atoms with Crippen molar-refractivity contribution in [3.63, 3.8) is 0 Å². The summed E-state index contributed by atoms with van der Waals surface area (Å²) in [7, 11) is 3.60. The highest BCUT2D eigenvalue weighted by atomic mass is 35.5. The molecule has 2 fully saturated rings. The van der Waals surface area contributed by atoms with Gasteiger partial charge in [0.2, 0.25) is 11.8 Å². The number of carbonyl (C=O) groups excluding carboxylic acids is 2. The highest BCUT2D eigenvalue weighted by Gasteiger charge is 2.37. The van der Waals surface area contributed by atoms with Gasteiger partial charge in [0, 0.05) is 39.7 Å². The predicted molar refractivity (Wildman–Crippen MR) is 91.7 cm³/mol. The summed E-state index contributed by atoms with van der Waals surface area (Å²) in [5.74, 6) is 0.817. The van der Waals surface area contributed by atoms with E-state index < -0.39 is 0 Å². The molecule has 0 spiro atoms. The molecule has 1 atom stereocenters. The lowest BCUT2D eigenvalue weighted by Crippen LogP contribution is -2.42. The van der Waals surface area contributed by atoms with Gasteiger partial charge in [-0.3, -0.25) is 9.59 Å². The van der Waals surface area contributed by atoms with Crippen LogP contribution in [0.3, 0.4) is 0 Å². The number of hydrogen-bond donors (Lipinski definition) is 1. The molecule has 0 aromatic rings. The molecule has 2 aliphatic rings. The van der Waals surface area contributed by atoms with E-state index in [4.69, 9.17) is 4.74 Å². The average molecular weight is 348 g/mol. The van der Waals surface area contributed by atoms with Crippen LogP contribution in [0.15, 0.2) is 0 Å². The molecule has 2 heterocycles. The number of nitrogens with zero attached hydrogens (tertiary/aromatic N) is 2. The van der Waals surface area contributed by atoms with Crippen molar-refractivity contribution < 1.29 is 14.3 Å². The molecule has 2 rings (SSSR count). The van der Waals surface area contributed by atoms with Crippen molar-refractivity contribution in [1.29, 1.82) is 0 Å². The Hall–Kier alpha value is -0.850. The Kier molecular flexibility index (Phi) is 8.87. The molecule has 0 aliphatic carbocycles. The number of piperidine rings is 1. The second-order valence-corrected chi connectivity index (χ2v) is 6.39. The smallest absolute Gasteiger partial charge is 0.227 e. The summed E-state index contributed by atoms with van der Waals surface area (Å²) < 4.78 is 5.01. The van der Waals surface area contributed by atoms with Crippen LogP contribution in [0.5, 0.6) is 0 Å². The van der Waals surface area contributed by atoms with E-state index in [0.29, 0.717) is 26.1 Å². The Morgan fingerprint density at radius 1 is 1.35 bits per heavy atom. The standard InChI is InChI=1S/C16H29N3O3.ClH/c1-17-6-3-13-4-7-18(8-5-13)16(21)14-11-15(20)19(12-14)9-10-22-2;/h13-14,17H,3-12H2,1-2H3;1H. The minimum Gasteiger partial charge on any atom is -0.383 e. The third-order valence-electron chi connectivity index (χ3n) is 4.86. The Balaban J connectivity index is 0.00000264. The van der Waals surface area contributed by atoms with Crippen molar-refractivity contribution in [2.24, 2.45) is 11.8 Å². The third-order valence-corrected chi connectivity index (χ3v) is 4.86. The first-order valence-corrected chi connectivity index (χ1v) is 8.35. The van der Waals surface area contributed by atoms with Crippen LogP contribution in [0.1, 0.15) is 25.7 Å². The van der Waals surface area contributed by atoms with Crippen LogP contribution in [-0.2, 0) is 14.3 Å². The van der Waals surface area contributed by atoms with Crippen LogP contribution >= 0.6 is 12.4 Å². The number of likely N-dealkylation sites (tertiary alicyclic amines) is 2. The summed E-state index contributed by atoms with van der Waals surface area (Å²) in [6.45, 7) is 4.41. The molecule has 23 heavy (non-hydrogen) atoms. The lowest BCUT2D eigenvalue weighted by atomic mass is 9.92. The van der Waals surface area contributed by atoms with Gasteiger partial charge in [-0.2, -0.15) is 0 Å². The number of rotatable bonds is 7. The van der Waals surface area contributed by atoms with Crippen molar-refractivity contribution in [2.75, 3.05) is 53.5 Å². The van der Waals surface area contributed by atoms with E-state index >= 15 is 0 Å². The number of amides is 2. The minimum absolute atomic E-state index is 0. The van der Waals surface area contributed by atoms with Gasteiger partial charge >= 0.3 is 0 Å². The summed E-state index contributed by atoms with van der Waals surface area (Å²) in [5.41, 5.74) is 0. The minimum atomic E-state index is -0.154. The first-order chi connectivity index (χ1) is 10.7. The largest absolute Gasteiger partial charge is 0.383 e. The first-order valence-electron chi connectivity index (χ1n) is 8.35. The second-order valence-electron chi connectivity index (χ2n) is 6.39. The molecular weight excluding hydrogens is 318 g/mol. The number of carbonyl (C=O) groups is 2. The second kappa shape index (κ2) is 10.1. The number of nitrogens with one attached hydrogen (secondary N) is 1. The fraction of sp³-hybridized carbons (Fsp3) is 0.875. The lowest BCUT2D eigenvalue weighted by molar-refractivity contribution is -0.137. The van der Waals surface area contributed by atoms with Gasteiger partial charge < -0.3 is 19.9 Å². The van der Waals surface area contributed by atoms with Crippen molar-refractivity contribution in [3.8, 4) is 0 Å². The van der Waals surface area contributed by atoms with Crippen LogP contribution < -0.4 is 5.32 Å². The van der Waals surface area contributed by atoms with Gasteiger partial charge in [-0.15, -0.1) is 12.4 Å². The Bertz CT molecular complexity index is 387. The molecule has 134 valence electrons. The topological polar surface area (TPSA) is 61.9 Å². The van der Waals surface area contributed by atoms with Crippen LogP contribution in [0.2, 0.25) is 0 Å². The van der Waals surface area contributed by atoms with Crippen LogP contribution in [0, 0.1) is 11.8 Å². The van der Waals surface area contributed by atoms with Crippen LogP contribution in [0.25, 0.3) is 0 Å². The highest BCUT2D eigenvalue weighted by molar-refractivity contribution is 5.89. The van der Waals surface area contributed by atoms with Crippen LogP contribution in [0.4, 0.5) is 0 Å². The summed E-state index contributed by atoms with van der Waals surface area (Å²) in [6.07, 6.45) is 3.72. The SMILES string of the molecule is CNCCC1CCN(C(=O)C2CC(=O)N(CCOC)C2)CC1.Cl. The van der Waals surface area contributed by atoms with Crippen molar-refractivity contribution in [2.45, 2.75) is 25.7 Å². The number of hydrogen-bond acceptors (Lipinski definition) is 4. The number of ether oxygens (including phenoxy) is 1. The van der Waals surface area contributed by atoms with Gasteiger partial charge in [-0.25, -0.2) is 0 Å². The van der Waals surface area contributed by atoms with E-state index in [0.717, 1.165) is 38.4 Å². The molecule has 0 aromatic carbocycles. The van der Waals surface area contributed by atoms with E-state index in [1.165, 1.54) is 6.42 Å². The molecule has 0 radical (unpaired) electrons. The molecule has 7 heteroatoms. The Morgan fingerprint density at radius 3 is 2.65 bits per heavy atom. The molecule has 1 N–H and O–H groups in total. The fourth-order valence-electron chi connectivity index (χ4n) is 3.40. The molecule has 6 nitrogen and oxygen atoms in total. The zero-order valence-corrected chi connectivity index (χ0v) is 15.1. The molecular formula is C16H30ClN3O3. The highest BCUT2D eigenvalue weighted by Crippen LogP contribution is 2.25. The van der Waals surface area contributed by atoms with Crippen LogP contribution in [-0.4, -0.2) is 75.1 Å². The summed E-state index contributed by atoms with van der Waals surface area (Å²) in [6, 6.07) is 0. The van der Waals surface area contributed by atoms with Crippen molar-refractivity contribution in [1.82, 2.24) is 15.1 Å². The van der Waals surface area contributed by atoms with E-state index in [1.54, 1.807) is 12.0 Å². The van der Waals surface area contributed by atoms with Crippen molar-refractivity contribution in [3.05, 3.63) is 0 Å². The summed E-state index contributed by atoms with van der Waals surface area (Å²) in [4.78, 5) is 28.3. The normalized spacial score (nSPS) is 22.3. The van der Waals surface area contributed by atoms with E-state index in [-0.39, 0.29) is 30.1 Å². The molecule has 0 aromatic heterocycles. The van der Waals surface area contributed by atoms with Gasteiger partial charge in [0.05, 0.1) is 12.5 Å². The quantitative estimate of drug-likeness (QED) is 0.738.